The van der Waals surface area contributed by atoms with Crippen molar-refractivity contribution < 1.29 is 0 Å². The van der Waals surface area contributed by atoms with Crippen molar-refractivity contribution in [2.24, 2.45) is 17.8 Å². The Labute approximate surface area is 104 Å². The first-order valence-corrected chi connectivity index (χ1v) is 7.56. The Hall–Kier alpha value is 0.440. The molecule has 0 aromatic carbocycles. The molecule has 0 aromatic rings. The zero-order valence-corrected chi connectivity index (χ0v) is 12.1. The van der Waals surface area contributed by atoms with Gasteiger partial charge in [0.1, 0.15) is 0 Å². The summed E-state index contributed by atoms with van der Waals surface area (Å²) in [4.78, 5) is 2.68. The highest BCUT2D eigenvalue weighted by Crippen LogP contribution is 2.23. The fraction of sp³-hybridized carbons (Fsp3) is 1.00. The van der Waals surface area contributed by atoms with Gasteiger partial charge in [0.2, 0.25) is 0 Å². The number of alkyl halides is 1. The quantitative estimate of drug-likeness (QED) is 0.691. The third-order valence-electron chi connectivity index (χ3n) is 3.38. The number of likely N-dealkylation sites (tertiary alicyclic amines) is 1. The van der Waals surface area contributed by atoms with Crippen molar-refractivity contribution >= 4 is 15.9 Å². The SMILES string of the molecule is CCCC(CBr)CN1CC(C)CC(C)C1. The van der Waals surface area contributed by atoms with E-state index in [1.807, 2.05) is 0 Å². The summed E-state index contributed by atoms with van der Waals surface area (Å²) in [6.07, 6.45) is 4.10. The lowest BCUT2D eigenvalue weighted by Gasteiger charge is -2.36. The van der Waals surface area contributed by atoms with Crippen molar-refractivity contribution in [2.75, 3.05) is 25.0 Å². The van der Waals surface area contributed by atoms with Crippen molar-refractivity contribution in [2.45, 2.75) is 40.0 Å². The van der Waals surface area contributed by atoms with Crippen LogP contribution in [0.25, 0.3) is 0 Å². The van der Waals surface area contributed by atoms with E-state index in [4.69, 9.17) is 0 Å². The molecule has 1 saturated heterocycles. The molecular formula is C13H26BrN. The molecule has 1 nitrogen and oxygen atoms in total. The van der Waals surface area contributed by atoms with Crippen LogP contribution < -0.4 is 0 Å². The second-order valence-corrected chi connectivity index (χ2v) is 6.12. The molecule has 15 heavy (non-hydrogen) atoms. The Kier molecular flexibility index (Phi) is 6.21. The molecule has 3 unspecified atom stereocenters. The Bertz CT molecular complexity index is 162. The minimum absolute atomic E-state index is 0.854. The summed E-state index contributed by atoms with van der Waals surface area (Å²) in [5.74, 6) is 2.64. The highest BCUT2D eigenvalue weighted by atomic mass is 79.9. The number of halogens is 1. The molecule has 1 aliphatic heterocycles. The van der Waals surface area contributed by atoms with E-state index in [0.29, 0.717) is 0 Å². The number of rotatable bonds is 5. The van der Waals surface area contributed by atoms with E-state index in [1.165, 1.54) is 44.2 Å². The summed E-state index contributed by atoms with van der Waals surface area (Å²) < 4.78 is 0. The van der Waals surface area contributed by atoms with Crippen LogP contribution in [0.4, 0.5) is 0 Å². The molecule has 0 N–H and O–H groups in total. The van der Waals surface area contributed by atoms with Gasteiger partial charge in [-0.15, -0.1) is 0 Å². The van der Waals surface area contributed by atoms with E-state index in [1.54, 1.807) is 0 Å². The first-order chi connectivity index (χ1) is 7.15. The zero-order valence-electron chi connectivity index (χ0n) is 10.5. The summed E-state index contributed by atoms with van der Waals surface area (Å²) in [5, 5.41) is 1.17. The normalized spacial score (nSPS) is 30.4. The first-order valence-electron chi connectivity index (χ1n) is 6.44. The molecule has 0 amide bonds. The van der Waals surface area contributed by atoms with Crippen molar-refractivity contribution in [1.82, 2.24) is 4.90 Å². The van der Waals surface area contributed by atoms with Crippen LogP contribution in [0, 0.1) is 17.8 Å². The minimum atomic E-state index is 0.854. The molecule has 0 radical (unpaired) electrons. The number of nitrogens with zero attached hydrogens (tertiary/aromatic N) is 1. The Balaban J connectivity index is 2.35. The average molecular weight is 276 g/mol. The second-order valence-electron chi connectivity index (χ2n) is 5.47. The summed E-state index contributed by atoms with van der Waals surface area (Å²) in [5.41, 5.74) is 0. The van der Waals surface area contributed by atoms with Gasteiger partial charge in [0.05, 0.1) is 0 Å². The van der Waals surface area contributed by atoms with Crippen LogP contribution >= 0.6 is 15.9 Å². The van der Waals surface area contributed by atoms with Crippen molar-refractivity contribution in [3.05, 3.63) is 0 Å². The van der Waals surface area contributed by atoms with Gasteiger partial charge >= 0.3 is 0 Å². The number of hydrogen-bond acceptors (Lipinski definition) is 1. The third kappa shape index (κ3) is 4.86. The lowest BCUT2D eigenvalue weighted by molar-refractivity contribution is 0.124. The Morgan fingerprint density at radius 3 is 2.33 bits per heavy atom. The van der Waals surface area contributed by atoms with Crippen LogP contribution in [0.1, 0.15) is 40.0 Å². The largest absolute Gasteiger partial charge is 0.303 e. The van der Waals surface area contributed by atoms with Crippen molar-refractivity contribution in [1.29, 1.82) is 0 Å². The maximum absolute atomic E-state index is 3.65. The molecule has 1 heterocycles. The Morgan fingerprint density at radius 1 is 1.27 bits per heavy atom. The molecular weight excluding hydrogens is 250 g/mol. The second kappa shape index (κ2) is 6.90. The molecule has 1 fully saturated rings. The average Bonchev–Trinajstić information content (AvgIpc) is 2.15. The smallest absolute Gasteiger partial charge is 0.00718 e. The van der Waals surface area contributed by atoms with E-state index in [9.17, 15) is 0 Å². The number of hydrogen-bond donors (Lipinski definition) is 0. The number of piperidine rings is 1. The molecule has 1 rings (SSSR count). The molecule has 90 valence electrons. The topological polar surface area (TPSA) is 3.24 Å². The molecule has 2 heteroatoms. The minimum Gasteiger partial charge on any atom is -0.303 e. The van der Waals surface area contributed by atoms with Gasteiger partial charge in [0, 0.05) is 25.0 Å². The molecule has 0 spiro atoms. The van der Waals surface area contributed by atoms with Crippen LogP contribution in [-0.2, 0) is 0 Å². The third-order valence-corrected chi connectivity index (χ3v) is 4.29. The highest BCUT2D eigenvalue weighted by molar-refractivity contribution is 9.09. The van der Waals surface area contributed by atoms with Gasteiger partial charge in [0.15, 0.2) is 0 Å². The van der Waals surface area contributed by atoms with Gasteiger partial charge < -0.3 is 4.90 Å². The maximum atomic E-state index is 3.65. The van der Waals surface area contributed by atoms with Crippen LogP contribution in [0.15, 0.2) is 0 Å². The van der Waals surface area contributed by atoms with Crippen LogP contribution in [0.2, 0.25) is 0 Å². The first kappa shape index (κ1) is 13.5. The van der Waals surface area contributed by atoms with Crippen molar-refractivity contribution in [3.8, 4) is 0 Å². The van der Waals surface area contributed by atoms with E-state index in [2.05, 4.69) is 41.6 Å². The maximum Gasteiger partial charge on any atom is 0.00718 e. The highest BCUT2D eigenvalue weighted by Gasteiger charge is 2.23. The predicted molar refractivity (Wildman–Crippen MR) is 71.6 cm³/mol. The van der Waals surface area contributed by atoms with Gasteiger partial charge in [-0.1, -0.05) is 43.1 Å². The lowest BCUT2D eigenvalue weighted by atomic mass is 9.91. The molecule has 1 aliphatic rings. The van der Waals surface area contributed by atoms with Crippen LogP contribution in [0.3, 0.4) is 0 Å². The van der Waals surface area contributed by atoms with E-state index >= 15 is 0 Å². The molecule has 3 atom stereocenters. The van der Waals surface area contributed by atoms with Gasteiger partial charge in [0.25, 0.3) is 0 Å². The van der Waals surface area contributed by atoms with Crippen LogP contribution in [0.5, 0.6) is 0 Å². The summed E-state index contributed by atoms with van der Waals surface area (Å²) >= 11 is 3.65. The van der Waals surface area contributed by atoms with E-state index in [-0.39, 0.29) is 0 Å². The van der Waals surface area contributed by atoms with Gasteiger partial charge in [-0.3, -0.25) is 0 Å². The Morgan fingerprint density at radius 2 is 1.87 bits per heavy atom. The standard InChI is InChI=1S/C13H26BrN/c1-4-5-13(7-14)10-15-8-11(2)6-12(3)9-15/h11-13H,4-10H2,1-3H3. The fourth-order valence-corrected chi connectivity index (χ4v) is 3.46. The molecule has 0 aliphatic carbocycles. The van der Waals surface area contributed by atoms with E-state index in [0.717, 1.165) is 17.8 Å². The summed E-state index contributed by atoms with van der Waals surface area (Å²) in [7, 11) is 0. The van der Waals surface area contributed by atoms with Crippen LogP contribution in [-0.4, -0.2) is 29.9 Å². The fourth-order valence-electron chi connectivity index (χ4n) is 2.93. The molecule has 0 aromatic heterocycles. The lowest BCUT2D eigenvalue weighted by Crippen LogP contribution is -2.41. The zero-order chi connectivity index (χ0) is 11.3. The molecule has 0 bridgehead atoms. The summed E-state index contributed by atoms with van der Waals surface area (Å²) in [6.45, 7) is 11.0. The van der Waals surface area contributed by atoms with Gasteiger partial charge in [-0.2, -0.15) is 0 Å². The van der Waals surface area contributed by atoms with E-state index < -0.39 is 0 Å². The predicted octanol–water partition coefficient (Wildman–Crippen LogP) is 3.78. The molecule has 0 saturated carbocycles. The summed E-state index contributed by atoms with van der Waals surface area (Å²) in [6, 6.07) is 0. The van der Waals surface area contributed by atoms with Crippen molar-refractivity contribution in [3.63, 3.8) is 0 Å². The van der Waals surface area contributed by atoms with Gasteiger partial charge in [-0.05, 0) is 30.6 Å². The monoisotopic (exact) mass is 275 g/mol. The van der Waals surface area contributed by atoms with Gasteiger partial charge in [-0.25, -0.2) is 0 Å².